The van der Waals surface area contributed by atoms with Crippen LogP contribution in [0.3, 0.4) is 0 Å². The molecule has 0 radical (unpaired) electrons. The molecule has 21 heavy (non-hydrogen) atoms. The fourth-order valence-electron chi connectivity index (χ4n) is 2.70. The molecule has 0 fully saturated rings. The second-order valence-corrected chi connectivity index (χ2v) is 7.08. The van der Waals surface area contributed by atoms with E-state index in [4.69, 9.17) is 5.11 Å². The second-order valence-electron chi connectivity index (χ2n) is 5.19. The third kappa shape index (κ3) is 2.80. The van der Waals surface area contributed by atoms with Crippen LogP contribution in [0.4, 0.5) is 5.69 Å². The molecule has 0 bridgehead atoms. The van der Waals surface area contributed by atoms with Gasteiger partial charge in [-0.2, -0.15) is 0 Å². The van der Waals surface area contributed by atoms with Crippen LogP contribution in [0.15, 0.2) is 48.5 Å². The zero-order valence-electron chi connectivity index (χ0n) is 11.6. The van der Waals surface area contributed by atoms with Gasteiger partial charge >= 0.3 is 0 Å². The Labute approximate surface area is 124 Å². The molecule has 3 rings (SSSR count). The van der Waals surface area contributed by atoms with E-state index in [1.807, 2.05) is 24.3 Å². The highest BCUT2D eigenvalue weighted by atomic mass is 32.2. The molecule has 1 heterocycles. The van der Waals surface area contributed by atoms with Gasteiger partial charge in [-0.25, -0.2) is 8.42 Å². The molecule has 1 aliphatic heterocycles. The molecule has 0 aromatic heterocycles. The molecule has 5 heteroatoms. The molecular formula is C16H17NO3S. The van der Waals surface area contributed by atoms with Crippen LogP contribution >= 0.6 is 0 Å². The summed E-state index contributed by atoms with van der Waals surface area (Å²) in [6, 6.07) is 14.7. The Balaban J connectivity index is 1.88. The number of nitrogens with zero attached hydrogens (tertiary/aromatic N) is 1. The van der Waals surface area contributed by atoms with Crippen LogP contribution in [-0.2, 0) is 28.8 Å². The first-order chi connectivity index (χ1) is 10.1. The van der Waals surface area contributed by atoms with Crippen LogP contribution in [0, 0.1) is 0 Å². The first-order valence-corrected chi connectivity index (χ1v) is 8.48. The summed E-state index contributed by atoms with van der Waals surface area (Å²) in [6.45, 7) is 0.418. The summed E-state index contributed by atoms with van der Waals surface area (Å²) in [6.07, 6.45) is 0.756. The van der Waals surface area contributed by atoms with Crippen molar-refractivity contribution in [1.82, 2.24) is 0 Å². The number of anilines is 1. The van der Waals surface area contributed by atoms with Gasteiger partial charge in [-0.3, -0.25) is 4.31 Å². The minimum absolute atomic E-state index is 0.0465. The average Bonchev–Trinajstić information content (AvgIpc) is 2.92. The monoisotopic (exact) mass is 303 g/mol. The Morgan fingerprint density at radius 3 is 2.62 bits per heavy atom. The summed E-state index contributed by atoms with van der Waals surface area (Å²) in [7, 11) is -3.40. The highest BCUT2D eigenvalue weighted by molar-refractivity contribution is 7.92. The summed E-state index contributed by atoms with van der Waals surface area (Å²) in [5, 5.41) is 9.14. The van der Waals surface area contributed by atoms with E-state index in [0.29, 0.717) is 12.1 Å². The van der Waals surface area contributed by atoms with Gasteiger partial charge in [0.2, 0.25) is 10.0 Å². The largest absolute Gasteiger partial charge is 0.392 e. The molecule has 2 aromatic carbocycles. The summed E-state index contributed by atoms with van der Waals surface area (Å²) < 4.78 is 26.8. The molecular weight excluding hydrogens is 286 g/mol. The van der Waals surface area contributed by atoms with Gasteiger partial charge in [-0.1, -0.05) is 42.5 Å². The van der Waals surface area contributed by atoms with Crippen molar-refractivity contribution in [3.63, 3.8) is 0 Å². The average molecular weight is 303 g/mol. The van der Waals surface area contributed by atoms with E-state index in [1.54, 1.807) is 24.3 Å². The van der Waals surface area contributed by atoms with Gasteiger partial charge in [-0.15, -0.1) is 0 Å². The molecule has 0 saturated heterocycles. The SMILES string of the molecule is O=S(=O)(Cc1cccc(CO)c1)N1CCc2ccccc21. The van der Waals surface area contributed by atoms with Gasteiger partial charge in [0, 0.05) is 6.54 Å². The van der Waals surface area contributed by atoms with Crippen molar-refractivity contribution in [2.75, 3.05) is 10.8 Å². The second kappa shape index (κ2) is 5.50. The van der Waals surface area contributed by atoms with E-state index >= 15 is 0 Å². The lowest BCUT2D eigenvalue weighted by Gasteiger charge is -2.19. The molecule has 0 amide bonds. The summed E-state index contributed by atoms with van der Waals surface area (Å²) in [5.74, 6) is -0.0465. The number of aliphatic hydroxyl groups is 1. The molecule has 0 atom stereocenters. The van der Waals surface area contributed by atoms with Gasteiger partial charge < -0.3 is 5.11 Å². The molecule has 1 aliphatic rings. The van der Waals surface area contributed by atoms with Crippen molar-refractivity contribution >= 4 is 15.7 Å². The number of hydrogen-bond donors (Lipinski definition) is 1. The molecule has 110 valence electrons. The van der Waals surface area contributed by atoms with E-state index in [9.17, 15) is 8.42 Å². The maximum Gasteiger partial charge on any atom is 0.239 e. The fourth-order valence-corrected chi connectivity index (χ4v) is 4.31. The maximum absolute atomic E-state index is 12.6. The van der Waals surface area contributed by atoms with E-state index in [0.717, 1.165) is 23.2 Å². The number of aliphatic hydroxyl groups excluding tert-OH is 1. The lowest BCUT2D eigenvalue weighted by atomic mass is 10.1. The zero-order chi connectivity index (χ0) is 14.9. The van der Waals surface area contributed by atoms with Crippen molar-refractivity contribution in [3.05, 3.63) is 65.2 Å². The quantitative estimate of drug-likeness (QED) is 0.940. The van der Waals surface area contributed by atoms with Crippen molar-refractivity contribution < 1.29 is 13.5 Å². The number of sulfonamides is 1. The van der Waals surface area contributed by atoms with Crippen molar-refractivity contribution in [1.29, 1.82) is 0 Å². The standard InChI is InChI=1S/C16H17NO3S/c18-11-13-4-3-5-14(10-13)12-21(19,20)17-9-8-15-6-1-2-7-16(15)17/h1-7,10,18H,8-9,11-12H2. The third-order valence-corrected chi connectivity index (χ3v) is 5.45. The Hall–Kier alpha value is -1.85. The number of hydrogen-bond acceptors (Lipinski definition) is 3. The van der Waals surface area contributed by atoms with Crippen LogP contribution in [0.1, 0.15) is 16.7 Å². The molecule has 0 spiro atoms. The number of benzene rings is 2. The van der Waals surface area contributed by atoms with E-state index in [-0.39, 0.29) is 12.4 Å². The molecule has 4 nitrogen and oxygen atoms in total. The van der Waals surface area contributed by atoms with Gasteiger partial charge in [-0.05, 0) is 29.2 Å². The van der Waals surface area contributed by atoms with Crippen LogP contribution in [-0.4, -0.2) is 20.1 Å². The van der Waals surface area contributed by atoms with E-state index in [2.05, 4.69) is 0 Å². The Kier molecular flexibility index (Phi) is 3.69. The van der Waals surface area contributed by atoms with Gasteiger partial charge in [0.25, 0.3) is 0 Å². The molecule has 1 N–H and O–H groups in total. The summed E-state index contributed by atoms with van der Waals surface area (Å²) in [5.41, 5.74) is 3.29. The van der Waals surface area contributed by atoms with Crippen LogP contribution in [0.5, 0.6) is 0 Å². The molecule has 0 aliphatic carbocycles. The van der Waals surface area contributed by atoms with Gasteiger partial charge in [0.05, 0.1) is 18.0 Å². The predicted molar refractivity (Wildman–Crippen MR) is 82.5 cm³/mol. The highest BCUT2D eigenvalue weighted by Crippen LogP contribution is 2.31. The fraction of sp³-hybridized carbons (Fsp3) is 0.250. The topological polar surface area (TPSA) is 57.6 Å². The third-order valence-electron chi connectivity index (χ3n) is 3.70. The zero-order valence-corrected chi connectivity index (χ0v) is 12.4. The van der Waals surface area contributed by atoms with Crippen LogP contribution in [0.25, 0.3) is 0 Å². The maximum atomic E-state index is 12.6. The van der Waals surface area contributed by atoms with Crippen molar-refractivity contribution in [2.24, 2.45) is 0 Å². The number of fused-ring (bicyclic) bond motifs is 1. The number of para-hydroxylation sites is 1. The lowest BCUT2D eigenvalue weighted by molar-refractivity contribution is 0.282. The van der Waals surface area contributed by atoms with Crippen LogP contribution in [0.2, 0.25) is 0 Å². The Morgan fingerprint density at radius 1 is 1.05 bits per heavy atom. The highest BCUT2D eigenvalue weighted by Gasteiger charge is 2.29. The smallest absolute Gasteiger partial charge is 0.239 e. The Morgan fingerprint density at radius 2 is 1.81 bits per heavy atom. The minimum Gasteiger partial charge on any atom is -0.392 e. The normalized spacial score (nSPS) is 14.2. The first-order valence-electron chi connectivity index (χ1n) is 6.87. The number of rotatable bonds is 4. The van der Waals surface area contributed by atoms with E-state index in [1.165, 1.54) is 4.31 Å². The minimum atomic E-state index is -3.40. The van der Waals surface area contributed by atoms with Gasteiger partial charge in [0.1, 0.15) is 0 Å². The van der Waals surface area contributed by atoms with Crippen LogP contribution < -0.4 is 4.31 Å². The molecule has 0 unspecified atom stereocenters. The van der Waals surface area contributed by atoms with Gasteiger partial charge in [0.15, 0.2) is 0 Å². The Bertz CT molecular complexity index is 756. The van der Waals surface area contributed by atoms with E-state index < -0.39 is 10.0 Å². The summed E-state index contributed by atoms with van der Waals surface area (Å²) >= 11 is 0. The first kappa shape index (κ1) is 14.1. The molecule has 2 aromatic rings. The van der Waals surface area contributed by atoms with Crippen molar-refractivity contribution in [3.8, 4) is 0 Å². The van der Waals surface area contributed by atoms with Crippen molar-refractivity contribution in [2.45, 2.75) is 18.8 Å². The lowest BCUT2D eigenvalue weighted by Crippen LogP contribution is -2.30. The molecule has 0 saturated carbocycles. The summed E-state index contributed by atoms with van der Waals surface area (Å²) in [4.78, 5) is 0. The predicted octanol–water partition coefficient (Wildman–Crippen LogP) is 2.07.